The van der Waals surface area contributed by atoms with Crippen LogP contribution in [0.1, 0.15) is 29.6 Å². The normalized spacial score (nSPS) is 9.44. The number of carbonyl (C=O) groups is 1. The summed E-state index contributed by atoms with van der Waals surface area (Å²) in [6.45, 7) is 0.436. The molecule has 0 spiro atoms. The molecule has 0 heterocycles. The van der Waals surface area contributed by atoms with Gasteiger partial charge in [0, 0.05) is 6.42 Å². The fourth-order valence-corrected chi connectivity index (χ4v) is 1.26. The molecule has 0 bridgehead atoms. The first-order valence-corrected chi connectivity index (χ1v) is 5.08. The minimum atomic E-state index is -0.993. The number of hydrogen-bond donors (Lipinski definition) is 1. The van der Waals surface area contributed by atoms with Crippen LogP contribution in [0.15, 0.2) is 24.3 Å². The minimum Gasteiger partial charge on any atom is -0.493 e. The van der Waals surface area contributed by atoms with Gasteiger partial charge in [0.25, 0.3) is 0 Å². The number of aromatic carboxylic acids is 1. The lowest BCUT2D eigenvalue weighted by molar-refractivity contribution is 0.0692. The Morgan fingerprint density at radius 3 is 2.81 bits per heavy atom. The number of carboxylic acids is 1. The zero-order chi connectivity index (χ0) is 11.8. The van der Waals surface area contributed by atoms with Crippen LogP contribution >= 0.6 is 0 Å². The van der Waals surface area contributed by atoms with Gasteiger partial charge in [-0.1, -0.05) is 12.1 Å². The van der Waals surface area contributed by atoms with Crippen molar-refractivity contribution >= 4 is 5.97 Å². The van der Waals surface area contributed by atoms with Crippen LogP contribution in [0.2, 0.25) is 0 Å². The third kappa shape index (κ3) is 3.62. The highest BCUT2D eigenvalue weighted by molar-refractivity contribution is 5.90. The fraction of sp³-hybridized carbons (Fsp3) is 0.333. The van der Waals surface area contributed by atoms with Crippen molar-refractivity contribution in [1.29, 1.82) is 5.26 Å². The average Bonchev–Trinajstić information content (AvgIpc) is 2.29. The van der Waals surface area contributed by atoms with Gasteiger partial charge in [-0.3, -0.25) is 0 Å². The molecule has 0 aliphatic heterocycles. The van der Waals surface area contributed by atoms with Crippen molar-refractivity contribution in [3.8, 4) is 11.8 Å². The number of carboxylic acid groups (broad SMARTS) is 1. The first-order chi connectivity index (χ1) is 7.75. The second kappa shape index (κ2) is 6.46. The van der Waals surface area contributed by atoms with Gasteiger partial charge >= 0.3 is 5.97 Å². The van der Waals surface area contributed by atoms with E-state index in [4.69, 9.17) is 15.1 Å². The number of nitriles is 1. The van der Waals surface area contributed by atoms with Crippen molar-refractivity contribution in [3.63, 3.8) is 0 Å². The maximum atomic E-state index is 10.8. The number of hydrogen-bond acceptors (Lipinski definition) is 3. The van der Waals surface area contributed by atoms with E-state index in [9.17, 15) is 4.79 Å². The molecule has 1 aromatic carbocycles. The Morgan fingerprint density at radius 1 is 1.38 bits per heavy atom. The van der Waals surface area contributed by atoms with Crippen LogP contribution in [-0.2, 0) is 0 Å². The maximum absolute atomic E-state index is 10.8. The zero-order valence-electron chi connectivity index (χ0n) is 8.85. The number of nitrogens with zero attached hydrogens (tertiary/aromatic N) is 1. The molecular weight excluding hydrogens is 206 g/mol. The molecule has 0 radical (unpaired) electrons. The van der Waals surface area contributed by atoms with Gasteiger partial charge in [-0.25, -0.2) is 4.79 Å². The van der Waals surface area contributed by atoms with Gasteiger partial charge in [0.15, 0.2) is 0 Å². The van der Waals surface area contributed by atoms with Crippen molar-refractivity contribution in [2.24, 2.45) is 0 Å². The summed E-state index contributed by atoms with van der Waals surface area (Å²) in [5.74, 6) is -0.611. The molecule has 84 valence electrons. The monoisotopic (exact) mass is 219 g/mol. The molecule has 0 aromatic heterocycles. The molecule has 0 saturated heterocycles. The highest BCUT2D eigenvalue weighted by Crippen LogP contribution is 2.18. The summed E-state index contributed by atoms with van der Waals surface area (Å²) in [7, 11) is 0. The van der Waals surface area contributed by atoms with Gasteiger partial charge in [-0.15, -0.1) is 0 Å². The van der Waals surface area contributed by atoms with Crippen LogP contribution in [0.4, 0.5) is 0 Å². The summed E-state index contributed by atoms with van der Waals surface area (Å²) < 4.78 is 5.35. The SMILES string of the molecule is N#CCCCCOc1ccccc1C(=O)O. The predicted octanol–water partition coefficient (Wildman–Crippen LogP) is 2.46. The van der Waals surface area contributed by atoms with Crippen LogP contribution in [0, 0.1) is 11.3 Å². The van der Waals surface area contributed by atoms with E-state index in [1.54, 1.807) is 18.2 Å². The van der Waals surface area contributed by atoms with Crippen LogP contribution in [-0.4, -0.2) is 17.7 Å². The van der Waals surface area contributed by atoms with Gasteiger partial charge in [0.05, 0.1) is 12.7 Å². The summed E-state index contributed by atoms with van der Waals surface area (Å²) in [5, 5.41) is 17.2. The Hall–Kier alpha value is -2.02. The van der Waals surface area contributed by atoms with E-state index in [2.05, 4.69) is 0 Å². The molecule has 0 amide bonds. The van der Waals surface area contributed by atoms with Crippen molar-refractivity contribution in [3.05, 3.63) is 29.8 Å². The van der Waals surface area contributed by atoms with E-state index in [0.717, 1.165) is 12.8 Å². The van der Waals surface area contributed by atoms with E-state index >= 15 is 0 Å². The zero-order valence-corrected chi connectivity index (χ0v) is 8.85. The molecule has 16 heavy (non-hydrogen) atoms. The Labute approximate surface area is 94.1 Å². The van der Waals surface area contributed by atoms with Crippen LogP contribution in [0.25, 0.3) is 0 Å². The van der Waals surface area contributed by atoms with Gasteiger partial charge in [0.1, 0.15) is 11.3 Å². The van der Waals surface area contributed by atoms with Gasteiger partial charge in [-0.2, -0.15) is 5.26 Å². The van der Waals surface area contributed by atoms with E-state index in [0.29, 0.717) is 18.8 Å². The number of unbranched alkanes of at least 4 members (excludes halogenated alkanes) is 2. The first kappa shape index (κ1) is 12.1. The summed E-state index contributed by atoms with van der Waals surface area (Å²) in [6.07, 6.45) is 2.02. The lowest BCUT2D eigenvalue weighted by atomic mass is 10.2. The second-order valence-electron chi connectivity index (χ2n) is 3.26. The van der Waals surface area contributed by atoms with Crippen LogP contribution in [0.5, 0.6) is 5.75 Å². The fourth-order valence-electron chi connectivity index (χ4n) is 1.26. The molecule has 0 fully saturated rings. The Balaban J connectivity index is 2.47. The molecule has 4 nitrogen and oxygen atoms in total. The van der Waals surface area contributed by atoms with E-state index in [1.165, 1.54) is 6.07 Å². The standard InChI is InChI=1S/C12H13NO3/c13-8-4-1-5-9-16-11-7-3-2-6-10(11)12(14)15/h2-3,6-7H,1,4-5,9H2,(H,14,15). The van der Waals surface area contributed by atoms with Crippen molar-refractivity contribution in [2.75, 3.05) is 6.61 Å². The average molecular weight is 219 g/mol. The van der Waals surface area contributed by atoms with Crippen LogP contribution < -0.4 is 4.74 Å². The Kier molecular flexibility index (Phi) is 4.87. The molecule has 0 aliphatic carbocycles. The van der Waals surface area contributed by atoms with E-state index in [-0.39, 0.29) is 5.56 Å². The molecule has 0 unspecified atom stereocenters. The largest absolute Gasteiger partial charge is 0.493 e. The van der Waals surface area contributed by atoms with Crippen molar-refractivity contribution < 1.29 is 14.6 Å². The summed E-state index contributed by atoms with van der Waals surface area (Å²) in [4.78, 5) is 10.8. The molecule has 1 rings (SSSR count). The molecule has 0 aliphatic rings. The Morgan fingerprint density at radius 2 is 2.12 bits per heavy atom. The van der Waals surface area contributed by atoms with E-state index in [1.807, 2.05) is 6.07 Å². The lowest BCUT2D eigenvalue weighted by Gasteiger charge is -2.07. The quantitative estimate of drug-likeness (QED) is 0.746. The second-order valence-corrected chi connectivity index (χ2v) is 3.26. The number of para-hydroxylation sites is 1. The first-order valence-electron chi connectivity index (χ1n) is 5.08. The Bertz CT molecular complexity index is 395. The summed E-state index contributed by atoms with van der Waals surface area (Å²) in [5.41, 5.74) is 0.169. The highest BCUT2D eigenvalue weighted by Gasteiger charge is 2.09. The third-order valence-corrected chi connectivity index (χ3v) is 2.06. The summed E-state index contributed by atoms with van der Waals surface area (Å²) >= 11 is 0. The van der Waals surface area contributed by atoms with Gasteiger partial charge < -0.3 is 9.84 Å². The highest BCUT2D eigenvalue weighted by atomic mass is 16.5. The number of ether oxygens (including phenoxy) is 1. The molecule has 1 N–H and O–H groups in total. The minimum absolute atomic E-state index is 0.169. The predicted molar refractivity (Wildman–Crippen MR) is 58.4 cm³/mol. The van der Waals surface area contributed by atoms with Crippen molar-refractivity contribution in [1.82, 2.24) is 0 Å². The number of rotatable bonds is 6. The number of benzene rings is 1. The third-order valence-electron chi connectivity index (χ3n) is 2.06. The van der Waals surface area contributed by atoms with Crippen LogP contribution in [0.3, 0.4) is 0 Å². The smallest absolute Gasteiger partial charge is 0.339 e. The van der Waals surface area contributed by atoms with Crippen molar-refractivity contribution in [2.45, 2.75) is 19.3 Å². The molecule has 0 atom stereocenters. The molecular formula is C12H13NO3. The molecule has 1 aromatic rings. The van der Waals surface area contributed by atoms with Gasteiger partial charge in [-0.05, 0) is 25.0 Å². The van der Waals surface area contributed by atoms with Gasteiger partial charge in [0.2, 0.25) is 0 Å². The topological polar surface area (TPSA) is 70.3 Å². The van der Waals surface area contributed by atoms with E-state index < -0.39 is 5.97 Å². The maximum Gasteiger partial charge on any atom is 0.339 e. The summed E-state index contributed by atoms with van der Waals surface area (Å²) in [6, 6.07) is 8.58. The molecule has 4 heteroatoms. The lowest BCUT2D eigenvalue weighted by Crippen LogP contribution is -2.04. The molecule has 0 saturated carbocycles.